The van der Waals surface area contributed by atoms with Gasteiger partial charge in [-0.1, -0.05) is 66.8 Å². The van der Waals surface area contributed by atoms with Crippen LogP contribution >= 0.6 is 34.8 Å². The van der Waals surface area contributed by atoms with Crippen LogP contribution in [0, 0.1) is 0 Å². The van der Waals surface area contributed by atoms with Crippen molar-refractivity contribution in [2.24, 2.45) is 0 Å². The maximum atomic E-state index is 12.6. The second-order valence-corrected chi connectivity index (χ2v) is 9.20. The van der Waals surface area contributed by atoms with E-state index >= 15 is 0 Å². The van der Waals surface area contributed by atoms with E-state index in [1.165, 1.54) is 10.2 Å². The number of hydrogen-bond acceptors (Lipinski definition) is 4. The molecule has 2 aromatic carbocycles. The topological polar surface area (TPSA) is 74.0 Å². The molecular weight excluding hydrogens is 497 g/mol. The Labute approximate surface area is 212 Å². The molecule has 2 heterocycles. The van der Waals surface area contributed by atoms with E-state index in [-0.39, 0.29) is 18.2 Å². The third-order valence-electron chi connectivity index (χ3n) is 5.08. The van der Waals surface area contributed by atoms with Gasteiger partial charge in [0.05, 0.1) is 6.54 Å². The van der Waals surface area contributed by atoms with Crippen LogP contribution in [0.1, 0.15) is 41.4 Å². The SMILES string of the molecule is CC(C)c1ccc(OCn2ccc(C(=O)Nc3nn(Cc4ccc(Cl)cc4Cl)cc3Cl)n2)cc1. The van der Waals surface area contributed by atoms with Crippen molar-refractivity contribution in [3.05, 3.63) is 92.8 Å². The summed E-state index contributed by atoms with van der Waals surface area (Å²) >= 11 is 18.4. The zero-order chi connectivity index (χ0) is 24.2. The number of ether oxygens (including phenoxy) is 1. The van der Waals surface area contributed by atoms with E-state index in [0.29, 0.717) is 27.5 Å². The van der Waals surface area contributed by atoms with Crippen LogP contribution in [-0.4, -0.2) is 25.5 Å². The number of nitrogens with one attached hydrogen (secondary N) is 1. The molecule has 34 heavy (non-hydrogen) atoms. The lowest BCUT2D eigenvalue weighted by Crippen LogP contribution is -2.15. The molecule has 4 aromatic rings. The second-order valence-electron chi connectivity index (χ2n) is 7.95. The summed E-state index contributed by atoms with van der Waals surface area (Å²) in [6.45, 7) is 4.82. The highest BCUT2D eigenvalue weighted by atomic mass is 35.5. The van der Waals surface area contributed by atoms with Gasteiger partial charge in [0.15, 0.2) is 18.2 Å². The Kier molecular flexibility index (Phi) is 7.46. The summed E-state index contributed by atoms with van der Waals surface area (Å²) in [6.07, 6.45) is 3.28. The van der Waals surface area contributed by atoms with Crippen molar-refractivity contribution in [2.45, 2.75) is 33.0 Å². The van der Waals surface area contributed by atoms with Gasteiger partial charge in [-0.05, 0) is 47.4 Å². The quantitative estimate of drug-likeness (QED) is 0.289. The summed E-state index contributed by atoms with van der Waals surface area (Å²) in [5, 5.41) is 12.7. The highest BCUT2D eigenvalue weighted by Gasteiger charge is 2.15. The van der Waals surface area contributed by atoms with Gasteiger partial charge >= 0.3 is 0 Å². The number of hydrogen-bond donors (Lipinski definition) is 1. The molecule has 10 heteroatoms. The minimum absolute atomic E-state index is 0.172. The third-order valence-corrected chi connectivity index (χ3v) is 5.94. The lowest BCUT2D eigenvalue weighted by Gasteiger charge is -2.09. The molecule has 0 aliphatic heterocycles. The highest BCUT2D eigenvalue weighted by molar-refractivity contribution is 6.35. The molecule has 0 spiro atoms. The van der Waals surface area contributed by atoms with Crippen LogP contribution in [-0.2, 0) is 13.3 Å². The van der Waals surface area contributed by atoms with Gasteiger partial charge in [0.25, 0.3) is 5.91 Å². The van der Waals surface area contributed by atoms with Crippen LogP contribution in [0.25, 0.3) is 0 Å². The molecule has 0 fully saturated rings. The molecule has 0 radical (unpaired) electrons. The number of anilines is 1. The summed E-state index contributed by atoms with van der Waals surface area (Å²) in [6, 6.07) is 14.7. The smallest absolute Gasteiger partial charge is 0.277 e. The van der Waals surface area contributed by atoms with Crippen LogP contribution in [0.5, 0.6) is 5.75 Å². The Hall–Kier alpha value is -3.00. The minimum Gasteiger partial charge on any atom is -0.471 e. The predicted octanol–water partition coefficient (Wildman–Crippen LogP) is 6.50. The predicted molar refractivity (Wildman–Crippen MR) is 134 cm³/mol. The van der Waals surface area contributed by atoms with Crippen molar-refractivity contribution in [1.29, 1.82) is 0 Å². The first kappa shape index (κ1) is 24.1. The van der Waals surface area contributed by atoms with Crippen molar-refractivity contribution in [3.63, 3.8) is 0 Å². The molecule has 0 saturated carbocycles. The maximum Gasteiger partial charge on any atom is 0.277 e. The first-order valence-electron chi connectivity index (χ1n) is 10.5. The van der Waals surface area contributed by atoms with Gasteiger partial charge in [0.1, 0.15) is 10.8 Å². The van der Waals surface area contributed by atoms with Gasteiger partial charge in [0.2, 0.25) is 0 Å². The number of carbonyl (C=O) groups is 1. The number of rotatable bonds is 8. The molecule has 7 nitrogen and oxygen atoms in total. The van der Waals surface area contributed by atoms with Gasteiger partial charge in [-0.2, -0.15) is 10.2 Å². The molecule has 0 aliphatic rings. The molecule has 1 N–H and O–H groups in total. The van der Waals surface area contributed by atoms with E-state index in [4.69, 9.17) is 39.5 Å². The fourth-order valence-electron chi connectivity index (χ4n) is 3.20. The summed E-state index contributed by atoms with van der Waals surface area (Å²) < 4.78 is 8.87. The normalized spacial score (nSPS) is 11.1. The van der Waals surface area contributed by atoms with Gasteiger partial charge < -0.3 is 10.1 Å². The molecule has 0 atom stereocenters. The van der Waals surface area contributed by atoms with Crippen molar-refractivity contribution in [1.82, 2.24) is 19.6 Å². The van der Waals surface area contributed by atoms with E-state index in [1.54, 1.807) is 35.3 Å². The lowest BCUT2D eigenvalue weighted by molar-refractivity contribution is 0.101. The van der Waals surface area contributed by atoms with Crippen LogP contribution in [0.2, 0.25) is 15.1 Å². The Morgan fingerprint density at radius 3 is 2.47 bits per heavy atom. The molecule has 0 aliphatic carbocycles. The molecule has 4 rings (SSSR count). The van der Waals surface area contributed by atoms with Crippen molar-refractivity contribution in [3.8, 4) is 5.75 Å². The second kappa shape index (κ2) is 10.5. The van der Waals surface area contributed by atoms with Gasteiger partial charge in [0, 0.05) is 22.4 Å². The first-order valence-corrected chi connectivity index (χ1v) is 11.7. The number of carbonyl (C=O) groups excluding carboxylic acids is 1. The van der Waals surface area contributed by atoms with Gasteiger partial charge in [-0.3, -0.25) is 9.48 Å². The lowest BCUT2D eigenvalue weighted by atomic mass is 10.0. The largest absolute Gasteiger partial charge is 0.471 e. The Balaban J connectivity index is 1.36. The van der Waals surface area contributed by atoms with Crippen molar-refractivity contribution in [2.75, 3.05) is 5.32 Å². The van der Waals surface area contributed by atoms with Gasteiger partial charge in [-0.25, -0.2) is 4.68 Å². The van der Waals surface area contributed by atoms with E-state index in [1.807, 2.05) is 30.3 Å². The zero-order valence-electron chi connectivity index (χ0n) is 18.5. The average molecular weight is 519 g/mol. The molecule has 1 amide bonds. The van der Waals surface area contributed by atoms with Crippen molar-refractivity contribution >= 4 is 46.5 Å². The van der Waals surface area contributed by atoms with E-state index in [9.17, 15) is 4.79 Å². The Morgan fingerprint density at radius 1 is 1.00 bits per heavy atom. The van der Waals surface area contributed by atoms with E-state index < -0.39 is 5.91 Å². The number of nitrogens with zero attached hydrogens (tertiary/aromatic N) is 4. The van der Waals surface area contributed by atoms with Gasteiger partial charge in [-0.15, -0.1) is 0 Å². The zero-order valence-corrected chi connectivity index (χ0v) is 20.8. The maximum absolute atomic E-state index is 12.6. The monoisotopic (exact) mass is 517 g/mol. The fourth-order valence-corrected chi connectivity index (χ4v) is 3.87. The van der Waals surface area contributed by atoms with E-state index in [0.717, 1.165) is 11.3 Å². The van der Waals surface area contributed by atoms with Crippen LogP contribution in [0.3, 0.4) is 0 Å². The first-order chi connectivity index (χ1) is 16.3. The number of aromatic nitrogens is 4. The minimum atomic E-state index is -0.434. The van der Waals surface area contributed by atoms with Crippen molar-refractivity contribution < 1.29 is 9.53 Å². The number of halogens is 3. The average Bonchev–Trinajstić information content (AvgIpc) is 3.41. The third kappa shape index (κ3) is 5.91. The molecular formula is C24H22Cl3N5O2. The summed E-state index contributed by atoms with van der Waals surface area (Å²) in [5.41, 5.74) is 2.27. The van der Waals surface area contributed by atoms with Crippen LogP contribution in [0.4, 0.5) is 5.82 Å². The fraction of sp³-hybridized carbons (Fsp3) is 0.208. The molecule has 2 aromatic heterocycles. The van der Waals surface area contributed by atoms with E-state index in [2.05, 4.69) is 29.4 Å². The highest BCUT2D eigenvalue weighted by Crippen LogP contribution is 2.25. The summed E-state index contributed by atoms with van der Waals surface area (Å²) in [7, 11) is 0. The Morgan fingerprint density at radius 2 is 1.76 bits per heavy atom. The summed E-state index contributed by atoms with van der Waals surface area (Å²) in [4.78, 5) is 12.6. The Bertz CT molecular complexity index is 1300. The van der Waals surface area contributed by atoms with Crippen LogP contribution < -0.4 is 10.1 Å². The molecule has 0 bridgehead atoms. The molecule has 0 saturated heterocycles. The standard InChI is InChI=1S/C24H22Cl3N5O2/c1-15(2)16-4-7-19(8-5-16)34-14-31-10-9-22(29-31)24(33)28-23-21(27)13-32(30-23)12-17-3-6-18(25)11-20(17)26/h3-11,13,15H,12,14H2,1-2H3,(H,28,30,33). The number of amides is 1. The summed E-state index contributed by atoms with van der Waals surface area (Å²) in [5.74, 6) is 0.977. The molecule has 176 valence electrons. The number of benzene rings is 2. The van der Waals surface area contributed by atoms with Crippen LogP contribution in [0.15, 0.2) is 60.9 Å². The molecule has 0 unspecified atom stereocenters.